The topological polar surface area (TPSA) is 97.3 Å². The first-order chi connectivity index (χ1) is 15.4. The van der Waals surface area contributed by atoms with E-state index in [1.54, 1.807) is 26.8 Å². The van der Waals surface area contributed by atoms with Gasteiger partial charge in [0.1, 0.15) is 23.2 Å². The third-order valence-corrected chi connectivity index (χ3v) is 4.83. The van der Waals surface area contributed by atoms with E-state index < -0.39 is 30.8 Å². The number of aliphatic hydroxyl groups excluding tert-OH is 2. The first kappa shape index (κ1) is 24.7. The number of hydrogen-bond acceptors (Lipinski definition) is 6. The number of hydrogen-bond donors (Lipinski definition) is 3. The van der Waals surface area contributed by atoms with Crippen molar-refractivity contribution in [3.8, 4) is 22.6 Å². The van der Waals surface area contributed by atoms with Crippen LogP contribution >= 0.6 is 0 Å². The standard InChI is InChI=1S/C23H26F3NO6/c1-22(2,3)33-21(30)27-11-14-10-17(13-4-6-15(7-5-13)32-23(24,25)26)20-16(8-9-31-20)19(14)18(29)12-28/h4-7,10,18,28-29H,8-9,11-12H2,1-3H3,(H,27,30). The van der Waals surface area contributed by atoms with Gasteiger partial charge in [-0.15, -0.1) is 13.2 Å². The van der Waals surface area contributed by atoms with Crippen LogP contribution in [0.15, 0.2) is 30.3 Å². The van der Waals surface area contributed by atoms with Crippen LogP contribution in [-0.4, -0.2) is 41.5 Å². The monoisotopic (exact) mass is 469 g/mol. The Kier molecular flexibility index (Phi) is 7.08. The number of fused-ring (bicyclic) bond motifs is 1. The van der Waals surface area contributed by atoms with Crippen LogP contribution < -0.4 is 14.8 Å². The highest BCUT2D eigenvalue weighted by molar-refractivity contribution is 5.76. The van der Waals surface area contributed by atoms with Gasteiger partial charge in [-0.05, 0) is 55.7 Å². The molecule has 33 heavy (non-hydrogen) atoms. The second kappa shape index (κ2) is 9.48. The van der Waals surface area contributed by atoms with Gasteiger partial charge in [0.25, 0.3) is 0 Å². The Morgan fingerprint density at radius 1 is 1.21 bits per heavy atom. The lowest BCUT2D eigenvalue weighted by molar-refractivity contribution is -0.274. The van der Waals surface area contributed by atoms with Gasteiger partial charge in [0, 0.05) is 24.1 Å². The minimum atomic E-state index is -4.80. The van der Waals surface area contributed by atoms with Gasteiger partial charge in [0.05, 0.1) is 13.2 Å². The largest absolute Gasteiger partial charge is 0.573 e. The average molecular weight is 469 g/mol. The number of halogens is 3. The molecule has 0 aliphatic carbocycles. The zero-order valence-electron chi connectivity index (χ0n) is 18.5. The molecule has 3 rings (SSSR count). The molecule has 0 spiro atoms. The van der Waals surface area contributed by atoms with Crippen molar-refractivity contribution >= 4 is 6.09 Å². The van der Waals surface area contributed by atoms with Gasteiger partial charge in [-0.3, -0.25) is 0 Å². The summed E-state index contributed by atoms with van der Waals surface area (Å²) in [4.78, 5) is 12.1. The van der Waals surface area contributed by atoms with Gasteiger partial charge in [-0.1, -0.05) is 12.1 Å². The molecule has 1 heterocycles. The van der Waals surface area contributed by atoms with Crippen molar-refractivity contribution in [1.82, 2.24) is 5.32 Å². The summed E-state index contributed by atoms with van der Waals surface area (Å²) in [6, 6.07) is 6.99. The predicted octanol–water partition coefficient (Wildman–Crippen LogP) is 4.24. The zero-order chi connectivity index (χ0) is 24.4. The maximum absolute atomic E-state index is 12.5. The second-order valence-electron chi connectivity index (χ2n) is 8.53. The summed E-state index contributed by atoms with van der Waals surface area (Å²) in [5, 5.41) is 22.7. The molecule has 0 saturated heterocycles. The Hall–Kier alpha value is -2.98. The molecule has 3 N–H and O–H groups in total. The van der Waals surface area contributed by atoms with Crippen molar-refractivity contribution in [1.29, 1.82) is 0 Å². The van der Waals surface area contributed by atoms with Gasteiger partial charge in [-0.25, -0.2) is 4.79 Å². The van der Waals surface area contributed by atoms with E-state index >= 15 is 0 Å². The third-order valence-electron chi connectivity index (χ3n) is 4.83. The molecule has 7 nitrogen and oxygen atoms in total. The number of carbonyl (C=O) groups is 1. The van der Waals surface area contributed by atoms with Crippen molar-refractivity contribution < 1.29 is 42.4 Å². The Balaban J connectivity index is 1.99. The molecule has 0 saturated carbocycles. The minimum Gasteiger partial charge on any atom is -0.492 e. The lowest BCUT2D eigenvalue weighted by Gasteiger charge is -2.22. The number of ether oxygens (including phenoxy) is 3. The number of amides is 1. The zero-order valence-corrected chi connectivity index (χ0v) is 18.5. The number of alkyl carbamates (subject to hydrolysis) is 1. The van der Waals surface area contributed by atoms with Crippen molar-refractivity contribution in [3.05, 3.63) is 47.0 Å². The van der Waals surface area contributed by atoms with Gasteiger partial charge < -0.3 is 29.7 Å². The molecule has 10 heteroatoms. The van der Waals surface area contributed by atoms with E-state index in [9.17, 15) is 28.2 Å². The molecule has 1 amide bonds. The molecular weight excluding hydrogens is 443 g/mol. The first-order valence-corrected chi connectivity index (χ1v) is 10.3. The van der Waals surface area contributed by atoms with Crippen LogP contribution in [0.25, 0.3) is 11.1 Å². The molecule has 1 unspecified atom stereocenters. The van der Waals surface area contributed by atoms with E-state index in [1.165, 1.54) is 24.3 Å². The number of alkyl halides is 3. The smallest absolute Gasteiger partial charge is 0.492 e. The molecule has 1 atom stereocenters. The molecular formula is C23H26F3NO6. The lowest BCUT2D eigenvalue weighted by atomic mass is 9.89. The highest BCUT2D eigenvalue weighted by Crippen LogP contribution is 2.43. The highest BCUT2D eigenvalue weighted by atomic mass is 19.4. The summed E-state index contributed by atoms with van der Waals surface area (Å²) in [5.41, 5.74) is 2.08. The summed E-state index contributed by atoms with van der Waals surface area (Å²) in [6.45, 7) is 4.98. The van der Waals surface area contributed by atoms with Crippen LogP contribution in [0.4, 0.5) is 18.0 Å². The van der Waals surface area contributed by atoms with E-state index in [4.69, 9.17) is 9.47 Å². The van der Waals surface area contributed by atoms with Gasteiger partial charge >= 0.3 is 12.5 Å². The Morgan fingerprint density at radius 2 is 1.88 bits per heavy atom. The van der Waals surface area contributed by atoms with E-state index in [0.29, 0.717) is 46.6 Å². The van der Waals surface area contributed by atoms with E-state index in [0.717, 1.165) is 0 Å². The van der Waals surface area contributed by atoms with Gasteiger partial charge in [-0.2, -0.15) is 0 Å². The molecule has 1 aliphatic rings. The first-order valence-electron chi connectivity index (χ1n) is 10.3. The predicted molar refractivity (Wildman–Crippen MR) is 113 cm³/mol. The number of nitrogens with one attached hydrogen (secondary N) is 1. The van der Waals surface area contributed by atoms with Crippen molar-refractivity contribution in [3.63, 3.8) is 0 Å². The maximum Gasteiger partial charge on any atom is 0.573 e. The van der Waals surface area contributed by atoms with Crippen LogP contribution in [0.5, 0.6) is 11.5 Å². The van der Waals surface area contributed by atoms with Crippen LogP contribution in [0.3, 0.4) is 0 Å². The Labute approximate surface area is 189 Å². The summed E-state index contributed by atoms with van der Waals surface area (Å²) in [6.07, 6.45) is -6.19. The third kappa shape index (κ3) is 6.29. The molecule has 180 valence electrons. The van der Waals surface area contributed by atoms with Gasteiger partial charge in [0.15, 0.2) is 0 Å². The Bertz CT molecular complexity index is 999. The number of carbonyl (C=O) groups excluding carboxylic acids is 1. The summed E-state index contributed by atoms with van der Waals surface area (Å²) in [7, 11) is 0. The van der Waals surface area contributed by atoms with E-state index in [1.807, 2.05) is 0 Å². The molecule has 2 aromatic rings. The number of aliphatic hydroxyl groups is 2. The summed E-state index contributed by atoms with van der Waals surface area (Å²) in [5.74, 6) is 0.117. The second-order valence-corrected chi connectivity index (χ2v) is 8.53. The van der Waals surface area contributed by atoms with Crippen LogP contribution in [0.2, 0.25) is 0 Å². The maximum atomic E-state index is 12.5. The molecule has 0 fully saturated rings. The van der Waals surface area contributed by atoms with Crippen molar-refractivity contribution in [2.45, 2.75) is 51.8 Å². The molecule has 0 aromatic heterocycles. The lowest BCUT2D eigenvalue weighted by Crippen LogP contribution is -2.32. The summed E-state index contributed by atoms with van der Waals surface area (Å²) < 4.78 is 52.4. The van der Waals surface area contributed by atoms with Crippen LogP contribution in [0.1, 0.15) is 43.6 Å². The fourth-order valence-corrected chi connectivity index (χ4v) is 3.65. The fraction of sp³-hybridized carbons (Fsp3) is 0.435. The fourth-order valence-electron chi connectivity index (χ4n) is 3.65. The SMILES string of the molecule is CC(C)(C)OC(=O)NCc1cc(-c2ccc(OC(F)(F)F)cc2)c2c(c1C(O)CO)CCO2. The molecule has 1 aliphatic heterocycles. The van der Waals surface area contributed by atoms with E-state index in [-0.39, 0.29) is 12.3 Å². The van der Waals surface area contributed by atoms with Gasteiger partial charge in [0.2, 0.25) is 0 Å². The highest BCUT2D eigenvalue weighted by Gasteiger charge is 2.31. The van der Waals surface area contributed by atoms with Crippen molar-refractivity contribution in [2.75, 3.05) is 13.2 Å². The average Bonchev–Trinajstić information content (AvgIpc) is 3.18. The molecule has 0 radical (unpaired) electrons. The van der Waals surface area contributed by atoms with Crippen LogP contribution in [0, 0.1) is 0 Å². The summed E-state index contributed by atoms with van der Waals surface area (Å²) >= 11 is 0. The molecule has 2 aromatic carbocycles. The Morgan fingerprint density at radius 3 is 2.45 bits per heavy atom. The molecule has 0 bridgehead atoms. The minimum absolute atomic E-state index is 0.00312. The number of rotatable bonds is 6. The van der Waals surface area contributed by atoms with Crippen LogP contribution in [-0.2, 0) is 17.7 Å². The quantitative estimate of drug-likeness (QED) is 0.586. The normalized spacial score (nSPS) is 14.3. The number of benzene rings is 2. The van der Waals surface area contributed by atoms with Crippen molar-refractivity contribution in [2.24, 2.45) is 0 Å². The van der Waals surface area contributed by atoms with E-state index in [2.05, 4.69) is 10.1 Å².